The fraction of sp³-hybridized carbons (Fsp3) is 0.571. The molecule has 5 heterocycles. The van der Waals surface area contributed by atoms with Gasteiger partial charge in [0.25, 0.3) is 0 Å². The molecule has 11 nitrogen and oxygen atoms in total. The SMILES string of the molecule is COC(=O)N1[C@H]2ON(C(=O)OCc3ccccc3)[C@@H]([C@@H]3OC(C)(C)O[C@@H]32)[C@@H]2[C@@H](C)C(=O)N21. The number of methoxy groups -OCH3 is 1. The largest absolute Gasteiger partial charge is 0.451 e. The first kappa shape index (κ1) is 21.0. The molecule has 0 unspecified atom stereocenters. The van der Waals surface area contributed by atoms with Crippen molar-refractivity contribution in [2.45, 2.75) is 63.7 Å². The zero-order valence-corrected chi connectivity index (χ0v) is 18.2. The molecule has 0 aromatic heterocycles. The summed E-state index contributed by atoms with van der Waals surface area (Å²) in [4.78, 5) is 44.5. The van der Waals surface area contributed by atoms with Crippen LogP contribution < -0.4 is 0 Å². The summed E-state index contributed by atoms with van der Waals surface area (Å²) < 4.78 is 22.6. The van der Waals surface area contributed by atoms with E-state index in [1.54, 1.807) is 20.8 Å². The molecule has 5 fully saturated rings. The number of hydrazine groups is 1. The highest BCUT2D eigenvalue weighted by Crippen LogP contribution is 2.49. The molecular weight excluding hydrogens is 422 g/mol. The number of benzene rings is 1. The first-order chi connectivity index (χ1) is 15.2. The minimum absolute atomic E-state index is 0.0391. The van der Waals surface area contributed by atoms with Gasteiger partial charge in [0.05, 0.1) is 19.1 Å². The van der Waals surface area contributed by atoms with E-state index in [1.165, 1.54) is 12.1 Å². The molecule has 5 aliphatic heterocycles. The van der Waals surface area contributed by atoms with Crippen LogP contribution in [0.5, 0.6) is 0 Å². The minimum Gasteiger partial charge on any atom is -0.451 e. The van der Waals surface area contributed by atoms with E-state index in [-0.39, 0.29) is 12.5 Å². The standard InChI is InChI=1S/C21H25N3O8/c1-11-13-14-15-16(31-21(2,3)30-15)18(23(19(26)28-4)22(13)17(11)25)32-24(14)20(27)29-10-12-8-6-5-7-9-12/h5-9,11,13-16,18H,10H2,1-4H3/t11-,13+,14-,15+,16+,18+/m1/s1. The van der Waals surface area contributed by atoms with Crippen molar-refractivity contribution in [3.8, 4) is 0 Å². The third-order valence-electron chi connectivity index (χ3n) is 6.25. The Morgan fingerprint density at radius 1 is 1.06 bits per heavy atom. The van der Waals surface area contributed by atoms with Crippen LogP contribution in [0.25, 0.3) is 0 Å². The van der Waals surface area contributed by atoms with E-state index in [1.807, 2.05) is 30.3 Å². The predicted molar refractivity (Wildman–Crippen MR) is 105 cm³/mol. The van der Waals surface area contributed by atoms with Gasteiger partial charge in [-0.25, -0.2) is 19.4 Å². The minimum atomic E-state index is -1.16. The fourth-order valence-electron chi connectivity index (χ4n) is 4.88. The number of hydroxylamine groups is 2. The zero-order valence-electron chi connectivity index (χ0n) is 18.2. The van der Waals surface area contributed by atoms with Crippen LogP contribution in [0.15, 0.2) is 30.3 Å². The normalized spacial score (nSPS) is 34.4. The summed E-state index contributed by atoms with van der Waals surface area (Å²) in [5.41, 5.74) is 0.810. The van der Waals surface area contributed by atoms with Crippen LogP contribution in [0.1, 0.15) is 26.3 Å². The Balaban J connectivity index is 1.50. The summed E-state index contributed by atoms with van der Waals surface area (Å²) in [7, 11) is 1.21. The lowest BCUT2D eigenvalue weighted by molar-refractivity contribution is -0.289. The molecule has 6 atom stereocenters. The lowest BCUT2D eigenvalue weighted by atomic mass is 9.82. The predicted octanol–water partition coefficient (Wildman–Crippen LogP) is 1.63. The van der Waals surface area contributed by atoms with Crippen molar-refractivity contribution in [3.63, 3.8) is 0 Å². The van der Waals surface area contributed by atoms with Crippen molar-refractivity contribution >= 4 is 18.1 Å². The van der Waals surface area contributed by atoms with Gasteiger partial charge in [-0.3, -0.25) is 4.79 Å². The highest BCUT2D eigenvalue weighted by molar-refractivity contribution is 5.88. The topological polar surface area (TPSA) is 107 Å². The molecule has 6 rings (SSSR count). The second-order valence-electron chi connectivity index (χ2n) is 8.69. The van der Waals surface area contributed by atoms with Crippen LogP contribution in [-0.4, -0.2) is 76.6 Å². The van der Waals surface area contributed by atoms with Gasteiger partial charge in [-0.2, -0.15) is 10.1 Å². The van der Waals surface area contributed by atoms with Crippen molar-refractivity contribution < 1.29 is 38.2 Å². The van der Waals surface area contributed by atoms with E-state index in [4.69, 9.17) is 23.8 Å². The molecule has 1 aromatic rings. The molecule has 1 aromatic carbocycles. The molecule has 0 radical (unpaired) electrons. The van der Waals surface area contributed by atoms with E-state index in [2.05, 4.69) is 0 Å². The number of ether oxygens (including phenoxy) is 4. The Morgan fingerprint density at radius 3 is 2.44 bits per heavy atom. The van der Waals surface area contributed by atoms with Crippen molar-refractivity contribution in [2.24, 2.45) is 5.92 Å². The van der Waals surface area contributed by atoms with Crippen LogP contribution in [0.3, 0.4) is 0 Å². The summed E-state index contributed by atoms with van der Waals surface area (Å²) in [6, 6.07) is 7.90. The third-order valence-corrected chi connectivity index (χ3v) is 6.25. The van der Waals surface area contributed by atoms with E-state index in [9.17, 15) is 14.4 Å². The summed E-state index contributed by atoms with van der Waals surface area (Å²) in [6.45, 7) is 5.27. The highest BCUT2D eigenvalue weighted by atomic mass is 16.8. The van der Waals surface area contributed by atoms with Gasteiger partial charge in [-0.05, 0) is 19.4 Å². The van der Waals surface area contributed by atoms with Crippen LogP contribution in [0.2, 0.25) is 0 Å². The maximum absolute atomic E-state index is 13.1. The molecular formula is C21H25N3O8. The number of carbonyl (C=O) groups excluding carboxylic acids is 3. The van der Waals surface area contributed by atoms with Gasteiger partial charge in [0.2, 0.25) is 12.1 Å². The molecule has 0 aliphatic carbocycles. The van der Waals surface area contributed by atoms with Gasteiger partial charge in [-0.1, -0.05) is 37.3 Å². The fourth-order valence-corrected chi connectivity index (χ4v) is 4.88. The van der Waals surface area contributed by atoms with Gasteiger partial charge in [0.1, 0.15) is 24.9 Å². The van der Waals surface area contributed by atoms with E-state index < -0.39 is 54.4 Å². The summed E-state index contributed by atoms with van der Waals surface area (Å²) in [5.74, 6) is -1.73. The Hall–Kier alpha value is -2.89. The summed E-state index contributed by atoms with van der Waals surface area (Å²) in [6.07, 6.45) is -4.08. The second-order valence-corrected chi connectivity index (χ2v) is 8.69. The first-order valence-corrected chi connectivity index (χ1v) is 10.5. The summed E-state index contributed by atoms with van der Waals surface area (Å²) in [5, 5.41) is 3.46. The van der Waals surface area contributed by atoms with Crippen LogP contribution in [0.4, 0.5) is 9.59 Å². The van der Waals surface area contributed by atoms with Crippen LogP contribution in [-0.2, 0) is 35.2 Å². The van der Waals surface area contributed by atoms with Crippen molar-refractivity contribution in [1.29, 1.82) is 0 Å². The Morgan fingerprint density at radius 2 is 1.75 bits per heavy atom. The van der Waals surface area contributed by atoms with Gasteiger partial charge in [0, 0.05) is 0 Å². The molecule has 0 N–H and O–H groups in total. The van der Waals surface area contributed by atoms with Gasteiger partial charge in [0.15, 0.2) is 5.79 Å². The molecule has 0 saturated carbocycles. The average molecular weight is 447 g/mol. The van der Waals surface area contributed by atoms with Crippen LogP contribution in [0, 0.1) is 5.92 Å². The second kappa shape index (κ2) is 7.32. The number of rotatable bonds is 2. The van der Waals surface area contributed by atoms with Crippen molar-refractivity contribution in [3.05, 3.63) is 35.9 Å². The third kappa shape index (κ3) is 3.03. The quantitative estimate of drug-likeness (QED) is 0.630. The van der Waals surface area contributed by atoms with Gasteiger partial charge < -0.3 is 18.9 Å². The molecule has 5 aliphatic rings. The monoisotopic (exact) mass is 447 g/mol. The molecule has 32 heavy (non-hydrogen) atoms. The molecule has 0 spiro atoms. The smallest absolute Gasteiger partial charge is 0.434 e. The van der Waals surface area contributed by atoms with E-state index >= 15 is 0 Å². The van der Waals surface area contributed by atoms with Crippen LogP contribution >= 0.6 is 0 Å². The number of hydrogen-bond donors (Lipinski definition) is 0. The molecule has 172 valence electrons. The van der Waals surface area contributed by atoms with Gasteiger partial charge in [-0.15, -0.1) is 0 Å². The number of nitrogens with zero attached hydrogens (tertiary/aromatic N) is 3. The lowest BCUT2D eigenvalue weighted by Crippen LogP contribution is -2.72. The number of fused-ring (bicyclic) bond motifs is 1. The number of amides is 3. The van der Waals surface area contributed by atoms with Crippen molar-refractivity contribution in [2.75, 3.05) is 7.11 Å². The first-order valence-electron chi connectivity index (χ1n) is 10.5. The maximum Gasteiger partial charge on any atom is 0.434 e. The van der Waals surface area contributed by atoms with Gasteiger partial charge >= 0.3 is 12.2 Å². The van der Waals surface area contributed by atoms with Crippen molar-refractivity contribution in [1.82, 2.24) is 15.1 Å². The molecule has 3 amide bonds. The van der Waals surface area contributed by atoms with E-state index in [0.717, 1.165) is 15.6 Å². The summed E-state index contributed by atoms with van der Waals surface area (Å²) >= 11 is 0. The average Bonchev–Trinajstić information content (AvgIpc) is 3.00. The highest BCUT2D eigenvalue weighted by Gasteiger charge is 2.70. The van der Waals surface area contributed by atoms with E-state index in [0.29, 0.717) is 0 Å². The molecule has 11 heteroatoms. The number of carbonyl (C=O) groups is 3. The Kier molecular flexibility index (Phi) is 4.80. The lowest BCUT2D eigenvalue weighted by Gasteiger charge is -2.50. The molecule has 5 saturated heterocycles. The molecule has 2 bridgehead atoms. The number of β-lactam (4-membered cyclic amide) rings is 1. The Bertz CT molecular complexity index is 940. The number of hydrogen-bond acceptors (Lipinski definition) is 8. The Labute approximate surface area is 184 Å². The maximum atomic E-state index is 13.1. The zero-order chi connectivity index (χ0) is 22.8.